The number of aliphatic hydroxyl groups is 1. The van der Waals surface area contributed by atoms with Crippen molar-refractivity contribution < 1.29 is 32.6 Å². The van der Waals surface area contributed by atoms with E-state index in [1.165, 1.54) is 6.92 Å². The fourth-order valence-corrected chi connectivity index (χ4v) is 1.62. The molecule has 1 atom stereocenters. The smallest absolute Gasteiger partial charge is 0.451 e. The lowest BCUT2D eigenvalue weighted by atomic mass is 10.3. The van der Waals surface area contributed by atoms with E-state index in [1.807, 2.05) is 0 Å². The lowest BCUT2D eigenvalue weighted by molar-refractivity contribution is -0.173. The van der Waals surface area contributed by atoms with Gasteiger partial charge >= 0.3 is 12.1 Å². The number of ether oxygens (including phenoxy) is 1. The Labute approximate surface area is 94.1 Å². The van der Waals surface area contributed by atoms with Gasteiger partial charge in [-0.05, 0) is 6.92 Å². The molecule has 0 aromatic heterocycles. The zero-order chi connectivity index (χ0) is 12.8. The normalized spacial score (nSPS) is 13.3. The van der Waals surface area contributed by atoms with Crippen molar-refractivity contribution in [2.45, 2.75) is 18.3 Å². The molecule has 0 saturated heterocycles. The van der Waals surface area contributed by atoms with Crippen molar-refractivity contribution in [1.29, 1.82) is 0 Å². The van der Waals surface area contributed by atoms with E-state index in [9.17, 15) is 22.8 Å². The van der Waals surface area contributed by atoms with Crippen LogP contribution in [-0.2, 0) is 14.3 Å². The summed E-state index contributed by atoms with van der Waals surface area (Å²) in [6, 6.07) is 0. The Hall–Kier alpha value is -0.760. The Morgan fingerprint density at radius 2 is 2.00 bits per heavy atom. The first-order valence-corrected chi connectivity index (χ1v) is 5.39. The molecule has 0 saturated carbocycles. The highest BCUT2D eigenvalue weighted by atomic mass is 32.2. The highest BCUT2D eigenvalue weighted by Gasteiger charge is 2.47. The molecule has 1 unspecified atom stereocenters. The number of thioether (sulfide) groups is 1. The topological polar surface area (TPSA) is 63.6 Å². The van der Waals surface area contributed by atoms with Gasteiger partial charge in [-0.1, -0.05) is 0 Å². The Morgan fingerprint density at radius 1 is 1.44 bits per heavy atom. The fourth-order valence-electron chi connectivity index (χ4n) is 0.788. The van der Waals surface area contributed by atoms with Crippen LogP contribution in [0.5, 0.6) is 0 Å². The number of halogens is 3. The number of hydrogen-bond acceptors (Lipinski definition) is 5. The summed E-state index contributed by atoms with van der Waals surface area (Å²) in [5.74, 6) is -3.54. The minimum Gasteiger partial charge on any atom is -0.465 e. The molecule has 0 bridgehead atoms. The fraction of sp³-hybridized carbons (Fsp3) is 0.750. The SMILES string of the molecule is CCOC(=O)C(SCCO)C(=O)C(F)(F)F. The van der Waals surface area contributed by atoms with Gasteiger partial charge in [0.05, 0.1) is 13.2 Å². The van der Waals surface area contributed by atoms with Crippen LogP contribution in [0.25, 0.3) is 0 Å². The number of aliphatic hydroxyl groups excluding tert-OH is 1. The first kappa shape index (κ1) is 15.2. The number of rotatable bonds is 6. The number of carbonyl (C=O) groups is 2. The van der Waals surface area contributed by atoms with Crippen LogP contribution < -0.4 is 0 Å². The maximum Gasteiger partial charge on any atom is 0.451 e. The second-order valence-electron chi connectivity index (χ2n) is 2.59. The first-order valence-electron chi connectivity index (χ1n) is 4.34. The van der Waals surface area contributed by atoms with Crippen molar-refractivity contribution in [2.24, 2.45) is 0 Å². The summed E-state index contributed by atoms with van der Waals surface area (Å²) in [7, 11) is 0. The summed E-state index contributed by atoms with van der Waals surface area (Å²) in [5, 5.41) is 6.49. The molecule has 0 radical (unpaired) electrons. The van der Waals surface area contributed by atoms with Crippen LogP contribution in [0, 0.1) is 0 Å². The molecule has 0 aromatic carbocycles. The van der Waals surface area contributed by atoms with Crippen molar-refractivity contribution in [3.63, 3.8) is 0 Å². The van der Waals surface area contributed by atoms with Gasteiger partial charge in [-0.3, -0.25) is 9.59 Å². The molecule has 0 aliphatic carbocycles. The first-order chi connectivity index (χ1) is 7.34. The maximum atomic E-state index is 12.1. The van der Waals surface area contributed by atoms with E-state index in [-0.39, 0.29) is 12.4 Å². The van der Waals surface area contributed by atoms with Crippen LogP contribution in [0.2, 0.25) is 0 Å². The number of Topliss-reactive ketones (excluding diaryl/α,β-unsaturated/α-hetero) is 1. The van der Waals surface area contributed by atoms with E-state index in [0.717, 1.165) is 0 Å². The predicted molar refractivity (Wildman–Crippen MR) is 51.0 cm³/mol. The zero-order valence-electron chi connectivity index (χ0n) is 8.41. The maximum absolute atomic E-state index is 12.1. The Balaban J connectivity index is 4.66. The highest BCUT2D eigenvalue weighted by Crippen LogP contribution is 2.25. The van der Waals surface area contributed by atoms with E-state index < -0.39 is 29.8 Å². The number of esters is 1. The summed E-state index contributed by atoms with van der Waals surface area (Å²) in [6.07, 6.45) is -5.08. The van der Waals surface area contributed by atoms with Gasteiger partial charge in [0, 0.05) is 5.75 Å². The lowest BCUT2D eigenvalue weighted by Crippen LogP contribution is -2.39. The molecule has 0 rings (SSSR count). The van der Waals surface area contributed by atoms with Gasteiger partial charge in [-0.25, -0.2) is 0 Å². The number of ketones is 1. The summed E-state index contributed by atoms with van der Waals surface area (Å²) < 4.78 is 40.6. The molecule has 0 aliphatic heterocycles. The number of alkyl halides is 3. The lowest BCUT2D eigenvalue weighted by Gasteiger charge is -2.15. The van der Waals surface area contributed by atoms with Crippen molar-refractivity contribution in [3.8, 4) is 0 Å². The van der Waals surface area contributed by atoms with Crippen LogP contribution >= 0.6 is 11.8 Å². The van der Waals surface area contributed by atoms with Crippen LogP contribution in [0.3, 0.4) is 0 Å². The predicted octanol–water partition coefficient (Wildman–Crippen LogP) is 0.775. The van der Waals surface area contributed by atoms with E-state index >= 15 is 0 Å². The monoisotopic (exact) mass is 260 g/mol. The minimum absolute atomic E-state index is 0.111. The van der Waals surface area contributed by atoms with Crippen molar-refractivity contribution >= 4 is 23.5 Å². The van der Waals surface area contributed by atoms with Crippen LogP contribution in [-0.4, -0.2) is 47.3 Å². The van der Waals surface area contributed by atoms with Crippen LogP contribution in [0.1, 0.15) is 6.92 Å². The largest absolute Gasteiger partial charge is 0.465 e. The van der Waals surface area contributed by atoms with Gasteiger partial charge in [0.15, 0.2) is 5.25 Å². The summed E-state index contributed by atoms with van der Waals surface area (Å²) in [6.45, 7) is 0.885. The van der Waals surface area contributed by atoms with Crippen LogP contribution in [0.4, 0.5) is 13.2 Å². The zero-order valence-corrected chi connectivity index (χ0v) is 9.23. The van der Waals surface area contributed by atoms with Gasteiger partial charge < -0.3 is 9.84 Å². The Morgan fingerprint density at radius 3 is 2.38 bits per heavy atom. The minimum atomic E-state index is -5.08. The molecule has 94 valence electrons. The molecule has 0 amide bonds. The molecule has 0 heterocycles. The third-order valence-corrected chi connectivity index (χ3v) is 2.55. The number of carbonyl (C=O) groups excluding carboxylic acids is 2. The van der Waals surface area contributed by atoms with Gasteiger partial charge in [0.2, 0.25) is 0 Å². The summed E-state index contributed by atoms with van der Waals surface area (Å²) >= 11 is 0.410. The van der Waals surface area contributed by atoms with Gasteiger partial charge in [0.25, 0.3) is 5.78 Å². The third kappa shape index (κ3) is 4.84. The third-order valence-electron chi connectivity index (χ3n) is 1.39. The van der Waals surface area contributed by atoms with Gasteiger partial charge in [-0.2, -0.15) is 13.2 Å². The second kappa shape index (κ2) is 6.74. The van der Waals surface area contributed by atoms with E-state index in [4.69, 9.17) is 5.11 Å². The Bertz CT molecular complexity index is 254. The summed E-state index contributed by atoms with van der Waals surface area (Å²) in [4.78, 5) is 22.0. The molecule has 4 nitrogen and oxygen atoms in total. The molecular formula is C8H11F3O4S. The molecule has 0 aromatic rings. The molecule has 0 fully saturated rings. The molecule has 0 spiro atoms. The standard InChI is InChI=1S/C8H11F3O4S/c1-2-15-7(14)5(16-4-3-12)6(13)8(9,10)11/h5,12H,2-4H2,1H3. The number of hydrogen-bond donors (Lipinski definition) is 1. The molecule has 16 heavy (non-hydrogen) atoms. The van der Waals surface area contributed by atoms with Crippen molar-refractivity contribution in [3.05, 3.63) is 0 Å². The second-order valence-corrected chi connectivity index (χ2v) is 3.80. The van der Waals surface area contributed by atoms with Crippen molar-refractivity contribution in [1.82, 2.24) is 0 Å². The average molecular weight is 260 g/mol. The van der Waals surface area contributed by atoms with E-state index in [1.54, 1.807) is 0 Å². The van der Waals surface area contributed by atoms with Crippen molar-refractivity contribution in [2.75, 3.05) is 19.0 Å². The highest BCUT2D eigenvalue weighted by molar-refractivity contribution is 8.01. The quantitative estimate of drug-likeness (QED) is 0.564. The van der Waals surface area contributed by atoms with E-state index in [0.29, 0.717) is 11.8 Å². The molecule has 1 N–H and O–H groups in total. The van der Waals surface area contributed by atoms with Gasteiger partial charge in [0.1, 0.15) is 0 Å². The van der Waals surface area contributed by atoms with Crippen LogP contribution in [0.15, 0.2) is 0 Å². The average Bonchev–Trinajstić information content (AvgIpc) is 2.17. The Kier molecular flexibility index (Phi) is 6.42. The molecule has 8 heteroatoms. The summed E-state index contributed by atoms with van der Waals surface area (Å²) in [5.41, 5.74) is 0. The van der Waals surface area contributed by atoms with Gasteiger partial charge in [-0.15, -0.1) is 11.8 Å². The van der Waals surface area contributed by atoms with E-state index in [2.05, 4.69) is 4.74 Å². The molecule has 0 aliphatic rings. The molecular weight excluding hydrogens is 249 g/mol.